The predicted octanol–water partition coefficient (Wildman–Crippen LogP) is 3.64. The molecule has 1 saturated heterocycles. The molecule has 172 valence electrons. The minimum absolute atomic E-state index is 0.00614. The third-order valence-electron chi connectivity index (χ3n) is 5.72. The molecule has 0 spiro atoms. The van der Waals surface area contributed by atoms with E-state index in [9.17, 15) is 4.79 Å². The van der Waals surface area contributed by atoms with Crippen molar-refractivity contribution in [3.63, 3.8) is 0 Å². The molecule has 0 N–H and O–H groups in total. The summed E-state index contributed by atoms with van der Waals surface area (Å²) in [7, 11) is 1.60. The number of methoxy groups -OCH3 is 1. The highest BCUT2D eigenvalue weighted by Crippen LogP contribution is 2.30. The summed E-state index contributed by atoms with van der Waals surface area (Å²) in [5, 5.41) is 3.95. The van der Waals surface area contributed by atoms with Gasteiger partial charge in [-0.25, -0.2) is 4.98 Å². The van der Waals surface area contributed by atoms with Gasteiger partial charge in [0.2, 0.25) is 5.91 Å². The number of carbonyl (C=O) groups is 1. The second-order valence-electron chi connectivity index (χ2n) is 7.84. The van der Waals surface area contributed by atoms with Crippen molar-refractivity contribution in [3.05, 3.63) is 71.3 Å². The van der Waals surface area contributed by atoms with E-state index in [2.05, 4.69) is 15.0 Å². The van der Waals surface area contributed by atoms with Crippen molar-refractivity contribution in [2.75, 3.05) is 38.2 Å². The normalized spacial score (nSPS) is 14.0. The molecule has 0 bridgehead atoms. The molecule has 0 saturated carbocycles. The summed E-state index contributed by atoms with van der Waals surface area (Å²) in [6.45, 7) is 6.95. The largest absolute Gasteiger partial charge is 0.493 e. The Balaban J connectivity index is 1.34. The van der Waals surface area contributed by atoms with Crippen LogP contribution in [0.5, 0.6) is 11.5 Å². The van der Waals surface area contributed by atoms with Gasteiger partial charge in [0.25, 0.3) is 0 Å². The van der Waals surface area contributed by atoms with Crippen molar-refractivity contribution in [1.29, 1.82) is 0 Å². The minimum Gasteiger partial charge on any atom is -0.493 e. The molecule has 3 aromatic rings. The Labute approximate surface area is 193 Å². The summed E-state index contributed by atoms with van der Waals surface area (Å²) >= 11 is 0. The molecule has 3 heterocycles. The maximum Gasteiger partial charge on any atom is 0.246 e. The van der Waals surface area contributed by atoms with Gasteiger partial charge in [-0.3, -0.25) is 4.79 Å². The average Bonchev–Trinajstić information content (AvgIpc) is 3.18. The minimum atomic E-state index is -0.00614. The number of anilines is 1. The molecule has 1 fully saturated rings. The van der Waals surface area contributed by atoms with Gasteiger partial charge in [0, 0.05) is 38.5 Å². The van der Waals surface area contributed by atoms with Gasteiger partial charge in [-0.1, -0.05) is 17.3 Å². The van der Waals surface area contributed by atoms with E-state index in [1.54, 1.807) is 25.5 Å². The van der Waals surface area contributed by atoms with Gasteiger partial charge < -0.3 is 23.8 Å². The number of aromatic nitrogens is 2. The lowest BCUT2D eigenvalue weighted by atomic mass is 10.1. The summed E-state index contributed by atoms with van der Waals surface area (Å²) in [6, 6.07) is 11.5. The molecule has 2 aromatic heterocycles. The molecule has 33 heavy (non-hydrogen) atoms. The van der Waals surface area contributed by atoms with E-state index in [-0.39, 0.29) is 5.91 Å². The van der Waals surface area contributed by atoms with E-state index in [0.717, 1.165) is 41.5 Å². The maximum absolute atomic E-state index is 12.7. The van der Waals surface area contributed by atoms with Crippen LogP contribution in [-0.4, -0.2) is 54.2 Å². The number of carbonyl (C=O) groups excluding carboxylic acids is 1. The monoisotopic (exact) mass is 448 g/mol. The van der Waals surface area contributed by atoms with Gasteiger partial charge in [0.1, 0.15) is 18.2 Å². The van der Waals surface area contributed by atoms with Crippen LogP contribution in [0.15, 0.2) is 53.2 Å². The second-order valence-corrected chi connectivity index (χ2v) is 7.84. The first-order valence-corrected chi connectivity index (χ1v) is 10.9. The molecule has 8 heteroatoms. The van der Waals surface area contributed by atoms with Gasteiger partial charge in [-0.05, 0) is 49.8 Å². The summed E-state index contributed by atoms with van der Waals surface area (Å²) in [6.07, 6.45) is 5.20. The summed E-state index contributed by atoms with van der Waals surface area (Å²) in [5.74, 6) is 2.90. The van der Waals surface area contributed by atoms with Crippen LogP contribution in [0.2, 0.25) is 0 Å². The fourth-order valence-electron chi connectivity index (χ4n) is 3.73. The molecular weight excluding hydrogens is 420 g/mol. The van der Waals surface area contributed by atoms with Crippen molar-refractivity contribution in [1.82, 2.24) is 15.0 Å². The highest BCUT2D eigenvalue weighted by molar-refractivity contribution is 5.92. The Bertz CT molecular complexity index is 1100. The molecule has 4 rings (SSSR count). The van der Waals surface area contributed by atoms with Crippen LogP contribution in [0, 0.1) is 13.8 Å². The Morgan fingerprint density at radius 3 is 2.61 bits per heavy atom. The number of hydrogen-bond donors (Lipinski definition) is 0. The Hall–Kier alpha value is -3.81. The number of piperazine rings is 1. The zero-order valence-corrected chi connectivity index (χ0v) is 19.2. The number of amides is 1. The number of benzene rings is 1. The predicted molar refractivity (Wildman–Crippen MR) is 125 cm³/mol. The van der Waals surface area contributed by atoms with Crippen LogP contribution in [-0.2, 0) is 11.4 Å². The number of aryl methyl sites for hydroxylation is 2. The van der Waals surface area contributed by atoms with Gasteiger partial charge >= 0.3 is 0 Å². The van der Waals surface area contributed by atoms with E-state index < -0.39 is 0 Å². The highest BCUT2D eigenvalue weighted by Gasteiger charge is 2.20. The van der Waals surface area contributed by atoms with Gasteiger partial charge in [-0.15, -0.1) is 0 Å². The van der Waals surface area contributed by atoms with Gasteiger partial charge in [0.15, 0.2) is 11.5 Å². The number of nitrogens with zero attached hydrogens (tertiary/aromatic N) is 4. The molecular formula is C25H28N4O4. The topological polar surface area (TPSA) is 80.9 Å². The van der Waals surface area contributed by atoms with Crippen molar-refractivity contribution < 1.29 is 18.8 Å². The fourth-order valence-corrected chi connectivity index (χ4v) is 3.73. The molecule has 0 atom stereocenters. The lowest BCUT2D eigenvalue weighted by Crippen LogP contribution is -2.48. The van der Waals surface area contributed by atoms with Crippen molar-refractivity contribution in [3.8, 4) is 11.5 Å². The van der Waals surface area contributed by atoms with Crippen LogP contribution in [0.25, 0.3) is 6.08 Å². The van der Waals surface area contributed by atoms with Crippen molar-refractivity contribution in [2.45, 2.75) is 20.5 Å². The lowest BCUT2D eigenvalue weighted by molar-refractivity contribution is -0.126. The van der Waals surface area contributed by atoms with Crippen LogP contribution in [0.4, 0.5) is 5.82 Å². The smallest absolute Gasteiger partial charge is 0.246 e. The summed E-state index contributed by atoms with van der Waals surface area (Å²) < 4.78 is 16.6. The summed E-state index contributed by atoms with van der Waals surface area (Å²) in [5.41, 5.74) is 2.59. The van der Waals surface area contributed by atoms with E-state index in [1.807, 2.05) is 55.1 Å². The van der Waals surface area contributed by atoms with Crippen LogP contribution in [0.1, 0.15) is 22.6 Å². The van der Waals surface area contributed by atoms with Crippen LogP contribution < -0.4 is 14.4 Å². The van der Waals surface area contributed by atoms with Gasteiger partial charge in [0.05, 0.1) is 18.4 Å². The number of pyridine rings is 1. The van der Waals surface area contributed by atoms with E-state index in [1.165, 1.54) is 0 Å². The third-order valence-corrected chi connectivity index (χ3v) is 5.72. The zero-order valence-electron chi connectivity index (χ0n) is 19.2. The maximum atomic E-state index is 12.7. The molecule has 1 aromatic carbocycles. The van der Waals surface area contributed by atoms with Gasteiger partial charge in [-0.2, -0.15) is 0 Å². The number of rotatable bonds is 7. The molecule has 0 aliphatic carbocycles. The third kappa shape index (κ3) is 5.34. The van der Waals surface area contributed by atoms with E-state index in [0.29, 0.717) is 31.2 Å². The second kappa shape index (κ2) is 10.2. The molecule has 0 unspecified atom stereocenters. The lowest BCUT2D eigenvalue weighted by Gasteiger charge is -2.34. The SMILES string of the molecule is COc1cc(C=CC(=O)N2CCN(c3ccccn3)CC2)ccc1OCc1c(C)noc1C. The first-order chi connectivity index (χ1) is 16.0. The average molecular weight is 449 g/mol. The van der Waals surface area contributed by atoms with Crippen molar-refractivity contribution >= 4 is 17.8 Å². The Kier molecular flexibility index (Phi) is 6.92. The fraction of sp³-hybridized carbons (Fsp3) is 0.320. The number of ether oxygens (including phenoxy) is 2. The molecule has 1 aliphatic heterocycles. The molecule has 8 nitrogen and oxygen atoms in total. The number of hydrogen-bond acceptors (Lipinski definition) is 7. The highest BCUT2D eigenvalue weighted by atomic mass is 16.5. The Morgan fingerprint density at radius 2 is 1.94 bits per heavy atom. The first kappa shape index (κ1) is 22.4. The quantitative estimate of drug-likeness (QED) is 0.511. The zero-order chi connectivity index (χ0) is 23.2. The molecule has 1 amide bonds. The van der Waals surface area contributed by atoms with Crippen molar-refractivity contribution in [2.24, 2.45) is 0 Å². The van der Waals surface area contributed by atoms with E-state index in [4.69, 9.17) is 14.0 Å². The Morgan fingerprint density at radius 1 is 1.12 bits per heavy atom. The molecule has 1 aliphatic rings. The van der Waals surface area contributed by atoms with Crippen LogP contribution in [0.3, 0.4) is 0 Å². The molecule has 0 radical (unpaired) electrons. The summed E-state index contributed by atoms with van der Waals surface area (Å²) in [4.78, 5) is 21.1. The van der Waals surface area contributed by atoms with E-state index >= 15 is 0 Å². The van der Waals surface area contributed by atoms with Crippen LogP contribution >= 0.6 is 0 Å². The standard InChI is InChI=1S/C25H28N4O4/c1-18-21(19(2)33-27-18)17-32-22-9-7-20(16-23(22)31-3)8-10-25(30)29-14-12-28(13-15-29)24-6-4-5-11-26-24/h4-11,16H,12-15,17H2,1-3H3. The first-order valence-electron chi connectivity index (χ1n) is 10.9.